The molecular weight excluding hydrogens is 180 g/mol. The lowest BCUT2D eigenvalue weighted by atomic mass is 10.3. The highest BCUT2D eigenvalue weighted by atomic mass is 16.1. The van der Waals surface area contributed by atoms with Crippen molar-refractivity contribution in [1.29, 1.82) is 0 Å². The van der Waals surface area contributed by atoms with E-state index in [9.17, 15) is 4.79 Å². The SMILES string of the molecule is Cc1n[nH]c(C)c1NC(=O)/C=C/CN. The molecule has 0 spiro atoms. The summed E-state index contributed by atoms with van der Waals surface area (Å²) in [5, 5.41) is 9.46. The zero-order valence-corrected chi connectivity index (χ0v) is 8.29. The van der Waals surface area contributed by atoms with Gasteiger partial charge in [0.25, 0.3) is 0 Å². The molecule has 5 nitrogen and oxygen atoms in total. The number of H-pyrrole nitrogens is 1. The van der Waals surface area contributed by atoms with Gasteiger partial charge in [-0.3, -0.25) is 9.89 Å². The van der Waals surface area contributed by atoms with Crippen LogP contribution in [-0.2, 0) is 4.79 Å². The Morgan fingerprint density at radius 1 is 1.64 bits per heavy atom. The maximum absolute atomic E-state index is 11.3. The van der Waals surface area contributed by atoms with Crippen LogP contribution in [0, 0.1) is 13.8 Å². The zero-order valence-electron chi connectivity index (χ0n) is 8.29. The number of rotatable bonds is 3. The van der Waals surface area contributed by atoms with E-state index in [4.69, 9.17) is 5.73 Å². The third kappa shape index (κ3) is 2.43. The predicted molar refractivity (Wildman–Crippen MR) is 54.9 cm³/mol. The van der Waals surface area contributed by atoms with Crippen molar-refractivity contribution in [3.05, 3.63) is 23.5 Å². The third-order valence-corrected chi connectivity index (χ3v) is 1.78. The smallest absolute Gasteiger partial charge is 0.248 e. The Balaban J connectivity index is 2.69. The van der Waals surface area contributed by atoms with Crippen molar-refractivity contribution in [3.63, 3.8) is 0 Å². The lowest BCUT2D eigenvalue weighted by Gasteiger charge is -2.00. The Kier molecular flexibility index (Phi) is 3.41. The van der Waals surface area contributed by atoms with Gasteiger partial charge in [-0.25, -0.2) is 0 Å². The van der Waals surface area contributed by atoms with Gasteiger partial charge in [-0.2, -0.15) is 5.10 Å². The van der Waals surface area contributed by atoms with Gasteiger partial charge in [0.15, 0.2) is 0 Å². The summed E-state index contributed by atoms with van der Waals surface area (Å²) >= 11 is 0. The first-order valence-corrected chi connectivity index (χ1v) is 4.34. The highest BCUT2D eigenvalue weighted by molar-refractivity contribution is 6.00. The van der Waals surface area contributed by atoms with Gasteiger partial charge in [-0.15, -0.1) is 0 Å². The summed E-state index contributed by atoms with van der Waals surface area (Å²) < 4.78 is 0. The average molecular weight is 194 g/mol. The lowest BCUT2D eigenvalue weighted by Crippen LogP contribution is -2.10. The second kappa shape index (κ2) is 4.57. The maximum atomic E-state index is 11.3. The van der Waals surface area contributed by atoms with Crippen molar-refractivity contribution >= 4 is 11.6 Å². The Bertz CT molecular complexity index is 334. The second-order valence-electron chi connectivity index (χ2n) is 2.94. The predicted octanol–water partition coefficient (Wildman–Crippen LogP) is 0.480. The third-order valence-electron chi connectivity index (χ3n) is 1.78. The van der Waals surface area contributed by atoms with E-state index in [1.807, 2.05) is 13.8 Å². The molecule has 0 atom stereocenters. The van der Waals surface area contributed by atoms with Crippen LogP contribution in [0.1, 0.15) is 11.4 Å². The van der Waals surface area contributed by atoms with Crippen molar-refractivity contribution in [3.8, 4) is 0 Å². The molecule has 0 aliphatic carbocycles. The lowest BCUT2D eigenvalue weighted by molar-refractivity contribution is -0.111. The van der Waals surface area contributed by atoms with Crippen molar-refractivity contribution in [2.45, 2.75) is 13.8 Å². The number of hydrogen-bond donors (Lipinski definition) is 3. The molecule has 0 saturated heterocycles. The Morgan fingerprint density at radius 3 is 2.86 bits per heavy atom. The summed E-state index contributed by atoms with van der Waals surface area (Å²) in [5.41, 5.74) is 7.58. The molecule has 0 aromatic carbocycles. The Hall–Kier alpha value is -1.62. The average Bonchev–Trinajstić information content (AvgIpc) is 2.46. The standard InChI is InChI=1S/C9H14N4O/c1-6-9(7(2)13-12-6)11-8(14)4-3-5-10/h3-4H,5,10H2,1-2H3,(H,11,14)(H,12,13)/b4-3+. The zero-order chi connectivity index (χ0) is 10.6. The summed E-state index contributed by atoms with van der Waals surface area (Å²) in [6, 6.07) is 0. The summed E-state index contributed by atoms with van der Waals surface area (Å²) in [6.45, 7) is 4.03. The van der Waals surface area contributed by atoms with Crippen LogP contribution in [0.25, 0.3) is 0 Å². The molecule has 1 amide bonds. The number of nitrogens with one attached hydrogen (secondary N) is 2. The normalized spacial score (nSPS) is 10.8. The molecular formula is C9H14N4O. The molecule has 14 heavy (non-hydrogen) atoms. The number of hydrogen-bond acceptors (Lipinski definition) is 3. The Labute approximate surface area is 82.4 Å². The highest BCUT2D eigenvalue weighted by Gasteiger charge is 2.07. The number of nitrogens with two attached hydrogens (primary N) is 1. The van der Waals surface area contributed by atoms with E-state index >= 15 is 0 Å². The molecule has 0 aliphatic heterocycles. The van der Waals surface area contributed by atoms with Gasteiger partial charge in [-0.1, -0.05) is 6.08 Å². The molecule has 0 radical (unpaired) electrons. The summed E-state index contributed by atoms with van der Waals surface area (Å²) in [6.07, 6.45) is 3.01. The molecule has 1 rings (SSSR count). The minimum absolute atomic E-state index is 0.192. The van der Waals surface area contributed by atoms with Gasteiger partial charge in [0.05, 0.1) is 17.1 Å². The number of carbonyl (C=O) groups excluding carboxylic acids is 1. The van der Waals surface area contributed by atoms with E-state index in [0.717, 1.165) is 17.1 Å². The first-order valence-electron chi connectivity index (χ1n) is 4.34. The number of aryl methyl sites for hydroxylation is 2. The van der Waals surface area contributed by atoms with E-state index < -0.39 is 0 Å². The molecule has 0 fully saturated rings. The summed E-state index contributed by atoms with van der Waals surface area (Å²) in [4.78, 5) is 11.3. The molecule has 1 aromatic rings. The number of nitrogens with zero attached hydrogens (tertiary/aromatic N) is 1. The van der Waals surface area contributed by atoms with E-state index in [0.29, 0.717) is 6.54 Å². The van der Waals surface area contributed by atoms with E-state index in [1.165, 1.54) is 6.08 Å². The van der Waals surface area contributed by atoms with Crippen LogP contribution in [0.15, 0.2) is 12.2 Å². The van der Waals surface area contributed by atoms with Crippen molar-refractivity contribution in [2.24, 2.45) is 5.73 Å². The van der Waals surface area contributed by atoms with E-state index in [-0.39, 0.29) is 5.91 Å². The number of anilines is 1. The van der Waals surface area contributed by atoms with Crippen LogP contribution in [0.2, 0.25) is 0 Å². The van der Waals surface area contributed by atoms with Gasteiger partial charge < -0.3 is 11.1 Å². The first-order chi connectivity index (χ1) is 6.65. The summed E-state index contributed by atoms with van der Waals surface area (Å²) in [7, 11) is 0. The van der Waals surface area contributed by atoms with Crippen LogP contribution in [0.4, 0.5) is 5.69 Å². The number of carbonyl (C=O) groups is 1. The maximum Gasteiger partial charge on any atom is 0.248 e. The van der Waals surface area contributed by atoms with Gasteiger partial charge >= 0.3 is 0 Å². The van der Waals surface area contributed by atoms with Gasteiger partial charge in [0, 0.05) is 12.6 Å². The number of aromatic amines is 1. The fraction of sp³-hybridized carbons (Fsp3) is 0.333. The van der Waals surface area contributed by atoms with Crippen molar-refractivity contribution in [2.75, 3.05) is 11.9 Å². The quantitative estimate of drug-likeness (QED) is 0.612. The molecule has 76 valence electrons. The molecule has 1 heterocycles. The topological polar surface area (TPSA) is 83.8 Å². The minimum Gasteiger partial charge on any atom is -0.327 e. The van der Waals surface area contributed by atoms with Crippen LogP contribution >= 0.6 is 0 Å². The Morgan fingerprint density at radius 2 is 2.36 bits per heavy atom. The minimum atomic E-state index is -0.192. The van der Waals surface area contributed by atoms with Crippen molar-refractivity contribution < 1.29 is 4.79 Å². The monoisotopic (exact) mass is 194 g/mol. The van der Waals surface area contributed by atoms with Gasteiger partial charge in [-0.05, 0) is 13.8 Å². The van der Waals surface area contributed by atoms with Crippen LogP contribution in [-0.4, -0.2) is 22.6 Å². The number of amides is 1. The summed E-state index contributed by atoms with van der Waals surface area (Å²) in [5.74, 6) is -0.192. The molecule has 0 saturated carbocycles. The molecule has 0 unspecified atom stereocenters. The fourth-order valence-electron chi connectivity index (χ4n) is 1.08. The molecule has 0 bridgehead atoms. The molecule has 0 aliphatic rings. The van der Waals surface area contributed by atoms with Gasteiger partial charge in [0.1, 0.15) is 0 Å². The first kappa shape index (κ1) is 10.5. The largest absolute Gasteiger partial charge is 0.327 e. The van der Waals surface area contributed by atoms with E-state index in [2.05, 4.69) is 15.5 Å². The van der Waals surface area contributed by atoms with Crippen LogP contribution < -0.4 is 11.1 Å². The molecule has 4 N–H and O–H groups in total. The van der Waals surface area contributed by atoms with Crippen LogP contribution in [0.5, 0.6) is 0 Å². The molecule has 1 aromatic heterocycles. The highest BCUT2D eigenvalue weighted by Crippen LogP contribution is 2.15. The second-order valence-corrected chi connectivity index (χ2v) is 2.94. The van der Waals surface area contributed by atoms with Gasteiger partial charge in [0.2, 0.25) is 5.91 Å². The van der Waals surface area contributed by atoms with Crippen molar-refractivity contribution in [1.82, 2.24) is 10.2 Å². The van der Waals surface area contributed by atoms with Crippen LogP contribution in [0.3, 0.4) is 0 Å². The molecule has 5 heteroatoms. The number of aromatic nitrogens is 2. The van der Waals surface area contributed by atoms with E-state index in [1.54, 1.807) is 6.08 Å². The fourth-order valence-corrected chi connectivity index (χ4v) is 1.08.